The fourth-order valence-electron chi connectivity index (χ4n) is 6.72. The van der Waals surface area contributed by atoms with E-state index in [0.717, 1.165) is 72.7 Å². The Morgan fingerprint density at radius 3 is 2.12 bits per heavy atom. The average Bonchev–Trinajstić information content (AvgIpc) is 3.69. The van der Waals surface area contributed by atoms with Crippen LogP contribution in [0.15, 0.2) is 30.6 Å². The van der Waals surface area contributed by atoms with Crippen molar-refractivity contribution in [3.63, 3.8) is 0 Å². The highest BCUT2D eigenvalue weighted by atomic mass is 28.3. The van der Waals surface area contributed by atoms with Crippen molar-refractivity contribution < 1.29 is 24.1 Å². The summed E-state index contributed by atoms with van der Waals surface area (Å²) in [6.07, 6.45) is 8.71. The summed E-state index contributed by atoms with van der Waals surface area (Å²) in [5.74, 6) is 2.30. The molecule has 3 aliphatic rings. The molecule has 2 bridgehead atoms. The van der Waals surface area contributed by atoms with Crippen LogP contribution in [0.4, 0.5) is 10.6 Å². The molecular formula is C35H54N6O5Si2. The lowest BCUT2D eigenvalue weighted by Crippen LogP contribution is -2.45. The van der Waals surface area contributed by atoms with Gasteiger partial charge in [-0.25, -0.2) is 14.8 Å². The van der Waals surface area contributed by atoms with E-state index in [9.17, 15) is 9.90 Å². The van der Waals surface area contributed by atoms with E-state index >= 15 is 0 Å². The minimum Gasteiger partial charge on any atom is -0.477 e. The van der Waals surface area contributed by atoms with Crippen molar-refractivity contribution in [1.82, 2.24) is 24.5 Å². The monoisotopic (exact) mass is 694 g/mol. The van der Waals surface area contributed by atoms with E-state index in [1.54, 1.807) is 4.90 Å². The first-order valence-electron chi connectivity index (χ1n) is 17.7. The van der Waals surface area contributed by atoms with Gasteiger partial charge in [-0.3, -0.25) is 0 Å². The topological polar surface area (TPSA) is 115 Å². The Labute approximate surface area is 287 Å². The van der Waals surface area contributed by atoms with E-state index in [2.05, 4.69) is 55.2 Å². The predicted octanol–water partition coefficient (Wildman–Crippen LogP) is 7.40. The molecule has 3 aromatic rings. The summed E-state index contributed by atoms with van der Waals surface area (Å²) >= 11 is 0. The third-order valence-electron chi connectivity index (χ3n) is 9.87. The molecule has 11 nitrogen and oxygen atoms in total. The van der Waals surface area contributed by atoms with Crippen LogP contribution in [0.3, 0.4) is 0 Å². The number of nitrogens with zero attached hydrogens (tertiary/aromatic N) is 6. The molecule has 48 heavy (non-hydrogen) atoms. The van der Waals surface area contributed by atoms with E-state index < -0.39 is 22.2 Å². The van der Waals surface area contributed by atoms with Crippen molar-refractivity contribution in [2.45, 2.75) is 108 Å². The lowest BCUT2D eigenvalue weighted by Gasteiger charge is -2.37. The zero-order valence-electron chi connectivity index (χ0n) is 29.7. The van der Waals surface area contributed by atoms with E-state index in [0.29, 0.717) is 38.5 Å². The van der Waals surface area contributed by atoms with E-state index in [1.807, 2.05) is 29.0 Å². The van der Waals surface area contributed by atoms with Crippen LogP contribution in [0, 0.1) is 5.92 Å². The van der Waals surface area contributed by atoms with Gasteiger partial charge in [0, 0.05) is 82.5 Å². The number of rotatable bonds is 16. The van der Waals surface area contributed by atoms with Gasteiger partial charge in [0.2, 0.25) is 5.88 Å². The Bertz CT molecular complexity index is 1520. The van der Waals surface area contributed by atoms with E-state index in [1.165, 1.54) is 12.8 Å². The second kappa shape index (κ2) is 14.5. The summed E-state index contributed by atoms with van der Waals surface area (Å²) in [5, 5.41) is 14.8. The Kier molecular flexibility index (Phi) is 10.5. The smallest absolute Gasteiger partial charge is 0.407 e. The van der Waals surface area contributed by atoms with Crippen molar-refractivity contribution >= 4 is 33.7 Å². The van der Waals surface area contributed by atoms with Crippen molar-refractivity contribution in [2.24, 2.45) is 5.92 Å². The number of amides is 1. The number of anilines is 1. The highest BCUT2D eigenvalue weighted by Gasteiger charge is 2.44. The van der Waals surface area contributed by atoms with Crippen LogP contribution in [0.1, 0.15) is 50.1 Å². The molecule has 2 aliphatic heterocycles. The molecule has 0 radical (unpaired) electrons. The van der Waals surface area contributed by atoms with Crippen LogP contribution in [0.2, 0.25) is 51.4 Å². The predicted molar refractivity (Wildman–Crippen MR) is 194 cm³/mol. The third kappa shape index (κ3) is 8.77. The molecule has 1 N–H and O–H groups in total. The maximum absolute atomic E-state index is 12.1. The number of carboxylic acid groups (broad SMARTS) is 1. The molecule has 3 atom stereocenters. The van der Waals surface area contributed by atoms with Gasteiger partial charge in [-0.2, -0.15) is 9.61 Å². The minimum atomic E-state index is -1.26. The van der Waals surface area contributed by atoms with Gasteiger partial charge in [0.15, 0.2) is 5.65 Å². The number of ether oxygens (including phenoxy) is 3. The minimum absolute atomic E-state index is 0.0235. The number of piperidine rings is 1. The fourth-order valence-corrected chi connectivity index (χ4v) is 8.24. The van der Waals surface area contributed by atoms with Gasteiger partial charge in [0.1, 0.15) is 19.3 Å². The largest absolute Gasteiger partial charge is 0.477 e. The number of fused-ring (bicyclic) bond motifs is 3. The molecule has 262 valence electrons. The Morgan fingerprint density at radius 1 is 0.938 bits per heavy atom. The van der Waals surface area contributed by atoms with Crippen molar-refractivity contribution in [3.8, 4) is 17.0 Å². The molecule has 1 saturated carbocycles. The Balaban J connectivity index is 1.33. The van der Waals surface area contributed by atoms with Crippen LogP contribution in [0.5, 0.6) is 5.88 Å². The summed E-state index contributed by atoms with van der Waals surface area (Å²) in [7, 11) is -2.52. The summed E-state index contributed by atoms with van der Waals surface area (Å²) in [6, 6.07) is 8.31. The first-order chi connectivity index (χ1) is 22.8. The molecule has 0 aromatic carbocycles. The lowest BCUT2D eigenvalue weighted by molar-refractivity contribution is 0.0934. The first-order valence-corrected chi connectivity index (χ1v) is 25.2. The fraction of sp³-hybridized carbons (Fsp3) is 0.657. The number of hydrogen-bond donors (Lipinski definition) is 1. The molecule has 5 heterocycles. The maximum atomic E-state index is 12.1. The molecule has 0 spiro atoms. The van der Waals surface area contributed by atoms with Gasteiger partial charge in [0.25, 0.3) is 0 Å². The van der Waals surface area contributed by atoms with Gasteiger partial charge < -0.3 is 29.1 Å². The molecule has 13 heteroatoms. The number of pyridine rings is 1. The number of hydrogen-bond acceptors (Lipinski definition) is 8. The van der Waals surface area contributed by atoms with Gasteiger partial charge in [-0.15, -0.1) is 0 Å². The summed E-state index contributed by atoms with van der Waals surface area (Å²) in [5.41, 5.74) is 3.53. The SMILES string of the molecule is C[Si](C)(C)CCOCN(COCC[Si](C)(C)C)c1cc(C2C[C@H]3CC[C@@H](C2)N3C(=O)O)nc2c(-c3ccc(OCC4CC4)nc3)cnn12. The maximum Gasteiger partial charge on any atom is 0.407 e. The van der Waals surface area contributed by atoms with Crippen LogP contribution in [-0.2, 0) is 9.47 Å². The molecule has 1 aliphatic carbocycles. The standard InChI is InChI=1S/C35H54N6O5Si2/c1-47(2,3)15-13-44-23-39(24-45-14-16-48(4,5)6)33-19-31(27-17-28-10-11-29(18-27)40(28)35(42)43)38-34-30(21-37-41(33)34)26-9-12-32(36-20-26)46-22-25-7-8-25/h9,12,19-21,25,27-29H,7-8,10-11,13-18,22-24H2,1-6H3,(H,42,43)/t27?,28-,29+. The molecule has 3 fully saturated rings. The summed E-state index contributed by atoms with van der Waals surface area (Å²) in [4.78, 5) is 25.8. The Morgan fingerprint density at radius 2 is 1.58 bits per heavy atom. The van der Waals surface area contributed by atoms with Gasteiger partial charge in [-0.05, 0) is 62.6 Å². The zero-order valence-corrected chi connectivity index (χ0v) is 31.7. The van der Waals surface area contributed by atoms with Crippen LogP contribution >= 0.6 is 0 Å². The van der Waals surface area contributed by atoms with Crippen LogP contribution in [-0.4, -0.2) is 97.2 Å². The summed E-state index contributed by atoms with van der Waals surface area (Å²) in [6.45, 7) is 17.0. The van der Waals surface area contributed by atoms with E-state index in [4.69, 9.17) is 24.3 Å². The second-order valence-electron chi connectivity index (χ2n) is 16.5. The van der Waals surface area contributed by atoms with Crippen LogP contribution < -0.4 is 9.64 Å². The molecular weight excluding hydrogens is 641 g/mol. The first kappa shape index (κ1) is 34.8. The molecule has 3 aromatic heterocycles. The number of aromatic nitrogens is 4. The van der Waals surface area contributed by atoms with Crippen molar-refractivity contribution in [1.29, 1.82) is 0 Å². The van der Waals surface area contributed by atoms with Gasteiger partial charge in [-0.1, -0.05) is 39.3 Å². The molecule has 1 amide bonds. The highest BCUT2D eigenvalue weighted by Crippen LogP contribution is 2.43. The lowest BCUT2D eigenvalue weighted by atomic mass is 9.88. The Hall–Kier alpha value is -3.01. The van der Waals surface area contributed by atoms with Gasteiger partial charge in [0.05, 0.1) is 12.8 Å². The molecule has 2 saturated heterocycles. The quantitative estimate of drug-likeness (QED) is 0.0931. The zero-order chi connectivity index (χ0) is 34.1. The van der Waals surface area contributed by atoms with Crippen molar-refractivity contribution in [3.05, 3.63) is 36.3 Å². The second-order valence-corrected chi connectivity index (χ2v) is 27.7. The van der Waals surface area contributed by atoms with Gasteiger partial charge >= 0.3 is 6.09 Å². The molecule has 1 unspecified atom stereocenters. The van der Waals surface area contributed by atoms with Crippen molar-refractivity contribution in [2.75, 3.05) is 38.2 Å². The normalized spacial score (nSPS) is 21.2. The molecule has 6 rings (SSSR count). The summed E-state index contributed by atoms with van der Waals surface area (Å²) < 4.78 is 20.5. The third-order valence-corrected chi connectivity index (χ3v) is 13.3. The van der Waals surface area contributed by atoms with E-state index in [-0.39, 0.29) is 18.0 Å². The van der Waals surface area contributed by atoms with Crippen LogP contribution in [0.25, 0.3) is 16.8 Å². The highest BCUT2D eigenvalue weighted by molar-refractivity contribution is 6.76. The average molecular weight is 695 g/mol. The number of carbonyl (C=O) groups is 1.